The molecule has 0 fully saturated rings. The minimum absolute atomic E-state index is 0.104. The maximum Gasteiger partial charge on any atom is 0.194 e. The van der Waals surface area contributed by atoms with Crippen LogP contribution < -0.4 is 0 Å². The first-order valence-corrected chi connectivity index (χ1v) is 7.28. The molecule has 2 rings (SSSR count). The zero-order valence-corrected chi connectivity index (χ0v) is 13.6. The molecule has 0 spiro atoms. The Balaban J connectivity index is 2.44. The Morgan fingerprint density at radius 3 is 2.28 bits per heavy atom. The third kappa shape index (κ3) is 2.97. The third-order valence-electron chi connectivity index (χ3n) is 2.36. The van der Waals surface area contributed by atoms with Gasteiger partial charge in [-0.25, -0.2) is 0 Å². The van der Waals surface area contributed by atoms with Crippen molar-refractivity contribution in [1.82, 2.24) is 0 Å². The summed E-state index contributed by atoms with van der Waals surface area (Å²) in [6.45, 7) is 0. The molecule has 0 aliphatic carbocycles. The molecule has 0 unspecified atom stereocenters. The van der Waals surface area contributed by atoms with Crippen LogP contribution in [-0.4, -0.2) is 5.78 Å². The molecule has 0 saturated heterocycles. The summed E-state index contributed by atoms with van der Waals surface area (Å²) < 4.78 is 1.63. The Bertz CT molecular complexity index is 626. The zero-order chi connectivity index (χ0) is 13.3. The van der Waals surface area contributed by atoms with Crippen molar-refractivity contribution < 1.29 is 4.79 Å². The smallest absolute Gasteiger partial charge is 0.194 e. The molecule has 0 aromatic heterocycles. The molecule has 0 aliphatic heterocycles. The largest absolute Gasteiger partial charge is 0.289 e. The van der Waals surface area contributed by atoms with E-state index in [1.807, 2.05) is 12.1 Å². The van der Waals surface area contributed by atoms with Crippen molar-refractivity contribution in [1.29, 1.82) is 0 Å². The minimum atomic E-state index is -0.104. The van der Waals surface area contributed by atoms with Gasteiger partial charge in [0.25, 0.3) is 0 Å². The van der Waals surface area contributed by atoms with Gasteiger partial charge in [0, 0.05) is 20.1 Å². The third-order valence-corrected chi connectivity index (χ3v) is 4.25. The number of halogens is 4. The lowest BCUT2D eigenvalue weighted by Gasteiger charge is -2.05. The van der Waals surface area contributed by atoms with E-state index in [2.05, 4.69) is 31.9 Å². The lowest BCUT2D eigenvalue weighted by Crippen LogP contribution is -2.02. The molecule has 2 aromatic rings. The maximum atomic E-state index is 12.3. The molecule has 2 aromatic carbocycles. The van der Waals surface area contributed by atoms with Gasteiger partial charge in [0.2, 0.25) is 0 Å². The summed E-state index contributed by atoms with van der Waals surface area (Å²) in [6, 6.07) is 10.2. The Hall–Kier alpha value is -0.350. The van der Waals surface area contributed by atoms with Crippen LogP contribution in [0, 0.1) is 0 Å². The Labute approximate surface area is 131 Å². The molecule has 0 aliphatic rings. The number of rotatable bonds is 2. The molecular weight excluding hydrogens is 403 g/mol. The summed E-state index contributed by atoms with van der Waals surface area (Å²) in [7, 11) is 0. The van der Waals surface area contributed by atoms with Gasteiger partial charge in [0.1, 0.15) is 0 Å². The summed E-state index contributed by atoms with van der Waals surface area (Å²) in [5, 5.41) is 0.804. The first-order valence-electron chi connectivity index (χ1n) is 4.94. The van der Waals surface area contributed by atoms with E-state index in [-0.39, 0.29) is 5.78 Å². The van der Waals surface area contributed by atoms with E-state index in [4.69, 9.17) is 23.2 Å². The van der Waals surface area contributed by atoms with Gasteiger partial charge >= 0.3 is 0 Å². The van der Waals surface area contributed by atoms with Crippen LogP contribution in [0.3, 0.4) is 0 Å². The Morgan fingerprint density at radius 2 is 1.67 bits per heavy atom. The van der Waals surface area contributed by atoms with Crippen molar-refractivity contribution in [2.24, 2.45) is 0 Å². The van der Waals surface area contributed by atoms with Crippen molar-refractivity contribution >= 4 is 60.8 Å². The topological polar surface area (TPSA) is 17.1 Å². The standard InChI is InChI=1S/C13H6Br2Cl2O/c14-8-2-3-9(10(15)6-8)13(18)7-1-4-11(16)12(17)5-7/h1-6H. The van der Waals surface area contributed by atoms with E-state index >= 15 is 0 Å². The number of hydrogen-bond donors (Lipinski definition) is 0. The van der Waals surface area contributed by atoms with E-state index in [1.54, 1.807) is 24.3 Å². The van der Waals surface area contributed by atoms with Gasteiger partial charge in [0.05, 0.1) is 10.0 Å². The van der Waals surface area contributed by atoms with Crippen molar-refractivity contribution in [3.63, 3.8) is 0 Å². The van der Waals surface area contributed by atoms with Crippen molar-refractivity contribution in [2.45, 2.75) is 0 Å². The first kappa shape index (κ1) is 14.1. The highest BCUT2D eigenvalue weighted by Gasteiger charge is 2.13. The van der Waals surface area contributed by atoms with E-state index in [1.165, 1.54) is 0 Å². The maximum absolute atomic E-state index is 12.3. The van der Waals surface area contributed by atoms with Crippen molar-refractivity contribution in [3.05, 3.63) is 66.5 Å². The second-order valence-corrected chi connectivity index (χ2v) is 6.17. The van der Waals surface area contributed by atoms with Crippen LogP contribution in [0.15, 0.2) is 45.3 Å². The molecule has 0 amide bonds. The van der Waals surface area contributed by atoms with Gasteiger partial charge in [0.15, 0.2) is 5.78 Å². The summed E-state index contributed by atoms with van der Waals surface area (Å²) >= 11 is 18.4. The molecule has 92 valence electrons. The second-order valence-electron chi connectivity index (χ2n) is 3.58. The predicted octanol–water partition coefficient (Wildman–Crippen LogP) is 5.75. The van der Waals surface area contributed by atoms with Crippen molar-refractivity contribution in [2.75, 3.05) is 0 Å². The number of carbonyl (C=O) groups excluding carboxylic acids is 1. The normalized spacial score (nSPS) is 10.4. The number of carbonyl (C=O) groups is 1. The van der Waals surface area contributed by atoms with Crippen LogP contribution >= 0.6 is 55.1 Å². The molecule has 1 nitrogen and oxygen atoms in total. The average Bonchev–Trinajstić information content (AvgIpc) is 2.32. The molecule has 0 saturated carbocycles. The SMILES string of the molecule is O=C(c1ccc(Cl)c(Cl)c1)c1ccc(Br)cc1Br. The van der Waals surface area contributed by atoms with Gasteiger partial charge < -0.3 is 0 Å². The summed E-state index contributed by atoms with van der Waals surface area (Å²) in [6.07, 6.45) is 0. The quantitative estimate of drug-likeness (QED) is 0.578. The number of benzene rings is 2. The second kappa shape index (κ2) is 5.74. The monoisotopic (exact) mass is 406 g/mol. The molecule has 0 N–H and O–H groups in total. The highest BCUT2D eigenvalue weighted by Crippen LogP contribution is 2.27. The molecule has 0 bridgehead atoms. The summed E-state index contributed by atoms with van der Waals surface area (Å²) in [4.78, 5) is 12.3. The van der Waals surface area contributed by atoms with Gasteiger partial charge in [-0.05, 0) is 52.3 Å². The lowest BCUT2D eigenvalue weighted by molar-refractivity contribution is 0.103. The number of ketones is 1. The summed E-state index contributed by atoms with van der Waals surface area (Å²) in [5.41, 5.74) is 1.09. The van der Waals surface area contributed by atoms with E-state index < -0.39 is 0 Å². The minimum Gasteiger partial charge on any atom is -0.289 e. The van der Waals surface area contributed by atoms with Crippen LogP contribution in [0.5, 0.6) is 0 Å². The Morgan fingerprint density at radius 1 is 0.944 bits per heavy atom. The van der Waals surface area contributed by atoms with Gasteiger partial charge in [-0.3, -0.25) is 4.79 Å². The van der Waals surface area contributed by atoms with E-state index in [9.17, 15) is 4.79 Å². The first-order chi connectivity index (χ1) is 8.49. The highest BCUT2D eigenvalue weighted by atomic mass is 79.9. The average molecular weight is 409 g/mol. The predicted molar refractivity (Wildman–Crippen MR) is 81.7 cm³/mol. The lowest BCUT2D eigenvalue weighted by atomic mass is 10.0. The van der Waals surface area contributed by atoms with Gasteiger partial charge in [-0.15, -0.1) is 0 Å². The van der Waals surface area contributed by atoms with Crippen LogP contribution in [0.25, 0.3) is 0 Å². The van der Waals surface area contributed by atoms with E-state index in [0.29, 0.717) is 21.2 Å². The van der Waals surface area contributed by atoms with Gasteiger partial charge in [-0.2, -0.15) is 0 Å². The fourth-order valence-corrected chi connectivity index (χ4v) is 2.99. The molecule has 18 heavy (non-hydrogen) atoms. The van der Waals surface area contributed by atoms with Crippen LogP contribution in [-0.2, 0) is 0 Å². The fourth-order valence-electron chi connectivity index (χ4n) is 1.47. The van der Waals surface area contributed by atoms with Crippen LogP contribution in [0.1, 0.15) is 15.9 Å². The highest BCUT2D eigenvalue weighted by molar-refractivity contribution is 9.11. The fraction of sp³-hybridized carbons (Fsp3) is 0. The van der Waals surface area contributed by atoms with Crippen LogP contribution in [0.4, 0.5) is 0 Å². The zero-order valence-electron chi connectivity index (χ0n) is 8.88. The summed E-state index contributed by atoms with van der Waals surface area (Å²) in [5.74, 6) is -0.104. The molecule has 0 atom stereocenters. The molecule has 0 heterocycles. The molecule has 0 radical (unpaired) electrons. The van der Waals surface area contributed by atoms with Crippen molar-refractivity contribution in [3.8, 4) is 0 Å². The van der Waals surface area contributed by atoms with Gasteiger partial charge in [-0.1, -0.05) is 39.1 Å². The number of hydrogen-bond acceptors (Lipinski definition) is 1. The van der Waals surface area contributed by atoms with Crippen LogP contribution in [0.2, 0.25) is 10.0 Å². The van der Waals surface area contributed by atoms with E-state index in [0.717, 1.165) is 8.95 Å². The molecular formula is C13H6Br2Cl2O. The molecule has 5 heteroatoms. The Kier molecular flexibility index (Phi) is 4.49.